The molecule has 0 aliphatic heterocycles. The smallest absolute Gasteiger partial charge is 0.262 e. The molecule has 150 valence electrons. The zero-order valence-corrected chi connectivity index (χ0v) is 18.2. The summed E-state index contributed by atoms with van der Waals surface area (Å²) < 4.78 is 1.63. The van der Waals surface area contributed by atoms with Crippen molar-refractivity contribution in [1.82, 2.24) is 9.55 Å². The van der Waals surface area contributed by atoms with Crippen molar-refractivity contribution in [1.29, 1.82) is 5.26 Å². The van der Waals surface area contributed by atoms with E-state index in [-0.39, 0.29) is 17.2 Å². The van der Waals surface area contributed by atoms with Gasteiger partial charge in [0.05, 0.1) is 22.2 Å². The van der Waals surface area contributed by atoms with E-state index >= 15 is 0 Å². The lowest BCUT2D eigenvalue weighted by molar-refractivity contribution is -0.113. The number of aromatic nitrogens is 2. The number of thioether (sulfide) groups is 1. The van der Waals surface area contributed by atoms with E-state index < -0.39 is 0 Å². The second-order valence-electron chi connectivity index (χ2n) is 6.33. The molecule has 2 aromatic heterocycles. The molecule has 1 aromatic carbocycles. The molecule has 3 aromatic rings. The molecule has 0 fully saturated rings. The van der Waals surface area contributed by atoms with Gasteiger partial charge in [0, 0.05) is 11.6 Å². The van der Waals surface area contributed by atoms with Gasteiger partial charge in [-0.3, -0.25) is 14.2 Å². The summed E-state index contributed by atoms with van der Waals surface area (Å²) >= 11 is 8.56. The van der Waals surface area contributed by atoms with E-state index in [0.29, 0.717) is 38.2 Å². The minimum Gasteiger partial charge on any atom is -0.316 e. The van der Waals surface area contributed by atoms with Crippen LogP contribution in [0.2, 0.25) is 5.02 Å². The second-order valence-corrected chi connectivity index (χ2v) is 8.63. The second kappa shape index (κ2) is 9.92. The molecule has 9 heteroatoms. The highest BCUT2D eigenvalue weighted by molar-refractivity contribution is 7.99. The van der Waals surface area contributed by atoms with Crippen LogP contribution >= 0.6 is 34.7 Å². The number of carbonyl (C=O) groups is 1. The normalized spacial score (nSPS) is 10.8. The van der Waals surface area contributed by atoms with Crippen LogP contribution in [-0.4, -0.2) is 21.2 Å². The van der Waals surface area contributed by atoms with Gasteiger partial charge in [0.2, 0.25) is 5.91 Å². The molecule has 0 saturated heterocycles. The van der Waals surface area contributed by atoms with E-state index in [9.17, 15) is 9.59 Å². The molecule has 0 atom stereocenters. The summed E-state index contributed by atoms with van der Waals surface area (Å²) in [5.41, 5.74) is 0.821. The highest BCUT2D eigenvalue weighted by Gasteiger charge is 2.15. The minimum atomic E-state index is -0.255. The number of unbranched alkanes of at least 4 members (excludes halogenated alkanes) is 2. The Morgan fingerprint density at radius 2 is 2.21 bits per heavy atom. The highest BCUT2D eigenvalue weighted by atomic mass is 35.5. The zero-order valence-electron chi connectivity index (χ0n) is 15.8. The molecule has 0 spiro atoms. The van der Waals surface area contributed by atoms with Crippen LogP contribution in [0.4, 0.5) is 5.00 Å². The minimum absolute atomic E-state index is 0.0784. The van der Waals surface area contributed by atoms with E-state index in [1.807, 2.05) is 6.07 Å². The number of halogens is 1. The Hall–Kier alpha value is -2.34. The van der Waals surface area contributed by atoms with Gasteiger partial charge in [-0.2, -0.15) is 5.26 Å². The van der Waals surface area contributed by atoms with Crippen LogP contribution in [0, 0.1) is 11.3 Å². The first-order valence-electron chi connectivity index (χ1n) is 9.13. The Labute approximate surface area is 181 Å². The quantitative estimate of drug-likeness (QED) is 0.302. The van der Waals surface area contributed by atoms with Crippen molar-refractivity contribution in [2.24, 2.45) is 0 Å². The fraction of sp³-hybridized carbons (Fsp3) is 0.300. The first kappa shape index (κ1) is 21.4. The standard InChI is InChI=1S/C20H19ClN4O2S2/c1-2-3-4-8-25-19(27)15-6-5-14(21)10-16(15)23-20(25)29-12-17(26)24-18-13(11-22)7-9-28-18/h5-7,9-10H,2-4,8,12H2,1H3,(H,24,26). The number of amides is 1. The predicted octanol–water partition coefficient (Wildman–Crippen LogP) is 4.90. The predicted molar refractivity (Wildman–Crippen MR) is 119 cm³/mol. The van der Waals surface area contributed by atoms with Crippen molar-refractivity contribution in [2.75, 3.05) is 11.1 Å². The van der Waals surface area contributed by atoms with Crippen molar-refractivity contribution >= 4 is 56.5 Å². The van der Waals surface area contributed by atoms with Crippen LogP contribution in [0.25, 0.3) is 10.9 Å². The van der Waals surface area contributed by atoms with Gasteiger partial charge >= 0.3 is 0 Å². The van der Waals surface area contributed by atoms with Gasteiger partial charge in [-0.05, 0) is 36.1 Å². The van der Waals surface area contributed by atoms with Crippen LogP contribution in [0.5, 0.6) is 0 Å². The summed E-state index contributed by atoms with van der Waals surface area (Å²) in [6.45, 7) is 2.65. The molecule has 0 unspecified atom stereocenters. The molecule has 0 saturated carbocycles. The third-order valence-electron chi connectivity index (χ3n) is 4.24. The molecule has 1 amide bonds. The van der Waals surface area contributed by atoms with Crippen molar-refractivity contribution in [3.8, 4) is 6.07 Å². The Bertz CT molecular complexity index is 1130. The SMILES string of the molecule is CCCCCn1c(SCC(=O)Nc2sccc2C#N)nc2cc(Cl)ccc2c1=O. The van der Waals surface area contributed by atoms with Crippen LogP contribution in [0.3, 0.4) is 0 Å². The van der Waals surface area contributed by atoms with E-state index in [1.54, 1.807) is 34.2 Å². The van der Waals surface area contributed by atoms with Crippen molar-refractivity contribution in [3.05, 3.63) is 50.6 Å². The molecule has 1 N–H and O–H groups in total. The highest BCUT2D eigenvalue weighted by Crippen LogP contribution is 2.24. The molecule has 0 aliphatic rings. The average molecular weight is 447 g/mol. The van der Waals surface area contributed by atoms with Gasteiger partial charge in [-0.1, -0.05) is 43.1 Å². The maximum Gasteiger partial charge on any atom is 0.262 e. The number of carbonyl (C=O) groups excluding carboxylic acids is 1. The Morgan fingerprint density at radius 1 is 1.38 bits per heavy atom. The van der Waals surface area contributed by atoms with Crippen LogP contribution in [0.1, 0.15) is 31.7 Å². The van der Waals surface area contributed by atoms with Crippen LogP contribution < -0.4 is 10.9 Å². The Kier molecular flexibility index (Phi) is 7.31. The average Bonchev–Trinajstić information content (AvgIpc) is 3.15. The molecule has 3 rings (SSSR count). The number of hydrogen-bond donors (Lipinski definition) is 1. The lowest BCUT2D eigenvalue weighted by Gasteiger charge is -2.13. The van der Waals surface area contributed by atoms with Crippen LogP contribution in [0.15, 0.2) is 39.6 Å². The van der Waals surface area contributed by atoms with Gasteiger partial charge in [0.1, 0.15) is 11.1 Å². The first-order valence-corrected chi connectivity index (χ1v) is 11.4. The van der Waals surface area contributed by atoms with Crippen LogP contribution in [-0.2, 0) is 11.3 Å². The van der Waals surface area contributed by atoms with Crippen molar-refractivity contribution in [3.63, 3.8) is 0 Å². The number of hydrogen-bond acceptors (Lipinski definition) is 6. The summed E-state index contributed by atoms with van der Waals surface area (Å²) in [5.74, 6) is -0.177. The maximum atomic E-state index is 13.0. The number of fused-ring (bicyclic) bond motifs is 1. The largest absolute Gasteiger partial charge is 0.316 e. The number of thiophene rings is 1. The number of nitriles is 1. The third kappa shape index (κ3) is 5.18. The van der Waals surface area contributed by atoms with E-state index in [2.05, 4.69) is 17.2 Å². The number of benzene rings is 1. The molecule has 0 aliphatic carbocycles. The fourth-order valence-corrected chi connectivity index (χ4v) is 4.53. The molecular formula is C20H19ClN4O2S2. The summed E-state index contributed by atoms with van der Waals surface area (Å²) in [5, 5.41) is 15.6. The van der Waals surface area contributed by atoms with E-state index in [4.69, 9.17) is 16.9 Å². The number of nitrogens with zero attached hydrogens (tertiary/aromatic N) is 3. The van der Waals surface area contributed by atoms with Gasteiger partial charge in [0.15, 0.2) is 5.16 Å². The fourth-order valence-electron chi connectivity index (χ4n) is 2.79. The number of nitrogens with one attached hydrogen (secondary N) is 1. The Balaban J connectivity index is 1.84. The van der Waals surface area contributed by atoms with Gasteiger partial charge in [-0.15, -0.1) is 11.3 Å². The summed E-state index contributed by atoms with van der Waals surface area (Å²) in [6, 6.07) is 8.72. The number of rotatable bonds is 8. The van der Waals surface area contributed by atoms with Crippen molar-refractivity contribution in [2.45, 2.75) is 37.9 Å². The van der Waals surface area contributed by atoms with Crippen molar-refractivity contribution < 1.29 is 4.79 Å². The number of anilines is 1. The maximum absolute atomic E-state index is 13.0. The molecule has 0 radical (unpaired) electrons. The Morgan fingerprint density at radius 3 is 2.97 bits per heavy atom. The lowest BCUT2D eigenvalue weighted by Crippen LogP contribution is -2.24. The molecule has 29 heavy (non-hydrogen) atoms. The summed E-state index contributed by atoms with van der Waals surface area (Å²) in [4.78, 5) is 29.9. The lowest BCUT2D eigenvalue weighted by atomic mass is 10.2. The monoisotopic (exact) mass is 446 g/mol. The van der Waals surface area contributed by atoms with Gasteiger partial charge in [0.25, 0.3) is 5.56 Å². The third-order valence-corrected chi connectivity index (χ3v) is 6.28. The van der Waals surface area contributed by atoms with E-state index in [1.165, 1.54) is 23.1 Å². The first-order chi connectivity index (χ1) is 14.0. The van der Waals surface area contributed by atoms with Gasteiger partial charge < -0.3 is 5.32 Å². The molecule has 6 nitrogen and oxygen atoms in total. The summed E-state index contributed by atoms with van der Waals surface area (Å²) in [7, 11) is 0. The molecule has 0 bridgehead atoms. The molecular weight excluding hydrogens is 428 g/mol. The molecule has 2 heterocycles. The van der Waals surface area contributed by atoms with E-state index in [0.717, 1.165) is 19.3 Å². The van der Waals surface area contributed by atoms with Gasteiger partial charge in [-0.25, -0.2) is 4.98 Å². The topological polar surface area (TPSA) is 87.8 Å². The summed E-state index contributed by atoms with van der Waals surface area (Å²) in [6.07, 6.45) is 2.90. The zero-order chi connectivity index (χ0) is 20.8.